The second-order valence-electron chi connectivity index (χ2n) is 4.09. The molecule has 16 heavy (non-hydrogen) atoms. The van der Waals surface area contributed by atoms with Gasteiger partial charge in [-0.05, 0) is 35.0 Å². The van der Waals surface area contributed by atoms with Gasteiger partial charge in [-0.1, -0.05) is 6.92 Å². The highest BCUT2D eigenvalue weighted by Crippen LogP contribution is 2.46. The van der Waals surface area contributed by atoms with Crippen molar-refractivity contribution < 1.29 is 0 Å². The first kappa shape index (κ1) is 12.2. The molecule has 0 bridgehead atoms. The largest absolute Gasteiger partial charge is 0.369 e. The van der Waals surface area contributed by atoms with Gasteiger partial charge in [0, 0.05) is 23.8 Å². The van der Waals surface area contributed by atoms with Gasteiger partial charge in [-0.2, -0.15) is 11.8 Å². The number of hydrogen-bond donors (Lipinski definition) is 1. The Balaban J connectivity index is 2.01. The van der Waals surface area contributed by atoms with Crippen molar-refractivity contribution in [3.63, 3.8) is 0 Å². The topological polar surface area (TPSA) is 37.8 Å². The summed E-state index contributed by atoms with van der Waals surface area (Å²) in [5.41, 5.74) is 0. The number of halogens is 1. The number of thioether (sulfide) groups is 1. The highest BCUT2D eigenvalue weighted by Gasteiger charge is 2.41. The van der Waals surface area contributed by atoms with Crippen LogP contribution in [0, 0.1) is 0 Å². The summed E-state index contributed by atoms with van der Waals surface area (Å²) >= 11 is 5.36. The number of nitrogens with one attached hydrogen (secondary N) is 1. The van der Waals surface area contributed by atoms with Crippen molar-refractivity contribution in [2.45, 2.75) is 30.9 Å². The molecule has 0 atom stereocenters. The molecule has 0 aliphatic heterocycles. The normalized spacial score (nSPS) is 17.2. The van der Waals surface area contributed by atoms with E-state index < -0.39 is 0 Å². The molecule has 1 fully saturated rings. The molecule has 0 radical (unpaired) electrons. The third-order valence-corrected chi connectivity index (χ3v) is 4.71. The van der Waals surface area contributed by atoms with Crippen molar-refractivity contribution in [3.05, 3.63) is 16.5 Å². The molecule has 1 saturated carbocycles. The van der Waals surface area contributed by atoms with Crippen LogP contribution in [0.15, 0.2) is 10.7 Å². The zero-order valence-corrected chi connectivity index (χ0v) is 12.0. The van der Waals surface area contributed by atoms with Crippen molar-refractivity contribution in [2.75, 3.05) is 18.1 Å². The van der Waals surface area contributed by atoms with Gasteiger partial charge < -0.3 is 5.32 Å². The molecule has 0 spiro atoms. The predicted octanol–water partition coefficient (Wildman–Crippen LogP) is 3.11. The van der Waals surface area contributed by atoms with Crippen molar-refractivity contribution in [1.82, 2.24) is 9.97 Å². The fourth-order valence-electron chi connectivity index (χ4n) is 1.56. The van der Waals surface area contributed by atoms with E-state index in [0.29, 0.717) is 4.75 Å². The first-order valence-corrected chi connectivity index (χ1v) is 7.52. The maximum atomic E-state index is 4.46. The van der Waals surface area contributed by atoms with E-state index in [1.54, 1.807) is 0 Å². The molecule has 3 nitrogen and oxygen atoms in total. The van der Waals surface area contributed by atoms with Gasteiger partial charge in [0.25, 0.3) is 0 Å². The van der Waals surface area contributed by atoms with E-state index in [4.69, 9.17) is 0 Å². The maximum absolute atomic E-state index is 4.46. The van der Waals surface area contributed by atoms with Gasteiger partial charge in [-0.25, -0.2) is 9.97 Å². The Morgan fingerprint density at radius 3 is 2.81 bits per heavy atom. The lowest BCUT2D eigenvalue weighted by atomic mass is 10.4. The van der Waals surface area contributed by atoms with Gasteiger partial charge in [-0.15, -0.1) is 0 Å². The number of rotatable bonds is 5. The van der Waals surface area contributed by atoms with Crippen LogP contribution < -0.4 is 5.32 Å². The lowest BCUT2D eigenvalue weighted by molar-refractivity contribution is 0.899. The highest BCUT2D eigenvalue weighted by atomic mass is 79.9. The van der Waals surface area contributed by atoms with Gasteiger partial charge in [0.15, 0.2) is 0 Å². The van der Waals surface area contributed by atoms with E-state index in [1.807, 2.05) is 17.8 Å². The highest BCUT2D eigenvalue weighted by molar-refractivity contribution is 9.10. The smallest absolute Gasteiger partial charge is 0.131 e. The fraction of sp³-hybridized carbons (Fsp3) is 0.636. The van der Waals surface area contributed by atoms with Crippen LogP contribution >= 0.6 is 27.7 Å². The summed E-state index contributed by atoms with van der Waals surface area (Å²) in [7, 11) is 0. The number of nitrogens with zero attached hydrogens (tertiary/aromatic N) is 2. The van der Waals surface area contributed by atoms with Gasteiger partial charge in [0.05, 0.1) is 0 Å². The Labute approximate surface area is 109 Å². The van der Waals surface area contributed by atoms with Crippen molar-refractivity contribution in [1.29, 1.82) is 0 Å². The summed E-state index contributed by atoms with van der Waals surface area (Å²) in [6.07, 6.45) is 5.67. The SMILES string of the molecule is CCc1nc(Br)cc(NCC2(SC)CC2)n1. The predicted molar refractivity (Wildman–Crippen MR) is 73.1 cm³/mol. The number of aromatic nitrogens is 2. The molecule has 5 heteroatoms. The lowest BCUT2D eigenvalue weighted by Crippen LogP contribution is -2.18. The van der Waals surface area contributed by atoms with E-state index >= 15 is 0 Å². The molecule has 0 saturated heterocycles. The molecule has 0 aromatic carbocycles. The standard InChI is InChI=1S/C11H16BrN3S/c1-3-9-14-8(12)6-10(15-9)13-7-11(16-2)4-5-11/h6H,3-5,7H2,1-2H3,(H,13,14,15). The quantitative estimate of drug-likeness (QED) is 0.848. The van der Waals surface area contributed by atoms with Crippen LogP contribution in [0.4, 0.5) is 5.82 Å². The molecular weight excluding hydrogens is 286 g/mol. The third kappa shape index (κ3) is 2.88. The molecule has 1 N–H and O–H groups in total. The van der Waals surface area contributed by atoms with E-state index in [-0.39, 0.29) is 0 Å². The van der Waals surface area contributed by atoms with Crippen LogP contribution in [-0.2, 0) is 6.42 Å². The van der Waals surface area contributed by atoms with Gasteiger partial charge >= 0.3 is 0 Å². The van der Waals surface area contributed by atoms with Gasteiger partial charge in [0.1, 0.15) is 16.2 Å². The first-order valence-electron chi connectivity index (χ1n) is 5.50. The second kappa shape index (κ2) is 4.92. The Bertz CT molecular complexity index is 379. The van der Waals surface area contributed by atoms with Crippen LogP contribution in [0.25, 0.3) is 0 Å². The molecule has 1 aromatic rings. The fourth-order valence-corrected chi connectivity index (χ4v) is 2.71. The monoisotopic (exact) mass is 301 g/mol. The maximum Gasteiger partial charge on any atom is 0.131 e. The number of hydrogen-bond acceptors (Lipinski definition) is 4. The minimum atomic E-state index is 0.462. The molecule has 2 rings (SSSR count). The van der Waals surface area contributed by atoms with Crippen LogP contribution in [0.2, 0.25) is 0 Å². The number of anilines is 1. The lowest BCUT2D eigenvalue weighted by Gasteiger charge is -2.14. The van der Waals surface area contributed by atoms with E-state index in [0.717, 1.165) is 29.2 Å². The van der Waals surface area contributed by atoms with Crippen molar-refractivity contribution in [2.24, 2.45) is 0 Å². The Kier molecular flexibility index (Phi) is 3.74. The zero-order valence-electron chi connectivity index (χ0n) is 9.59. The van der Waals surface area contributed by atoms with E-state index in [1.165, 1.54) is 12.8 Å². The van der Waals surface area contributed by atoms with Crippen molar-refractivity contribution >= 4 is 33.5 Å². The molecule has 1 aliphatic carbocycles. The molecule has 0 amide bonds. The molecule has 1 heterocycles. The summed E-state index contributed by atoms with van der Waals surface area (Å²) in [4.78, 5) is 8.75. The van der Waals surface area contributed by atoms with E-state index in [2.05, 4.69) is 44.4 Å². The molecule has 88 valence electrons. The minimum Gasteiger partial charge on any atom is -0.369 e. The minimum absolute atomic E-state index is 0.462. The average Bonchev–Trinajstić information content (AvgIpc) is 3.06. The molecule has 1 aliphatic rings. The van der Waals surface area contributed by atoms with Crippen LogP contribution in [0.1, 0.15) is 25.6 Å². The summed E-state index contributed by atoms with van der Waals surface area (Å²) in [6, 6.07) is 1.94. The van der Waals surface area contributed by atoms with Crippen molar-refractivity contribution in [3.8, 4) is 0 Å². The summed E-state index contributed by atoms with van der Waals surface area (Å²) in [5.74, 6) is 1.81. The molecule has 1 aromatic heterocycles. The second-order valence-corrected chi connectivity index (χ2v) is 6.17. The summed E-state index contributed by atoms with van der Waals surface area (Å²) < 4.78 is 1.32. The third-order valence-electron chi connectivity index (χ3n) is 2.89. The van der Waals surface area contributed by atoms with Gasteiger partial charge in [-0.3, -0.25) is 0 Å². The molecule has 0 unspecified atom stereocenters. The van der Waals surface area contributed by atoms with Crippen LogP contribution in [0.5, 0.6) is 0 Å². The Morgan fingerprint density at radius 2 is 2.25 bits per heavy atom. The van der Waals surface area contributed by atoms with Crippen LogP contribution in [0.3, 0.4) is 0 Å². The number of aryl methyl sites for hydroxylation is 1. The summed E-state index contributed by atoms with van der Waals surface area (Å²) in [5, 5.41) is 3.41. The summed E-state index contributed by atoms with van der Waals surface area (Å²) in [6.45, 7) is 3.07. The Morgan fingerprint density at radius 1 is 1.50 bits per heavy atom. The van der Waals surface area contributed by atoms with Gasteiger partial charge in [0.2, 0.25) is 0 Å². The van der Waals surface area contributed by atoms with E-state index in [9.17, 15) is 0 Å². The Hall–Kier alpha value is -0.290. The zero-order chi connectivity index (χ0) is 11.6. The molecular formula is C11H16BrN3S. The van der Waals surface area contributed by atoms with Crippen LogP contribution in [-0.4, -0.2) is 27.5 Å². The first-order chi connectivity index (χ1) is 7.67. The average molecular weight is 302 g/mol.